The number of rotatable bonds is 8. The zero-order chi connectivity index (χ0) is 30.8. The second kappa shape index (κ2) is 13.4. The van der Waals surface area contributed by atoms with Crippen molar-refractivity contribution in [1.82, 2.24) is 4.57 Å². The lowest BCUT2D eigenvalue weighted by Crippen LogP contribution is -2.39. The van der Waals surface area contributed by atoms with Crippen molar-refractivity contribution in [3.8, 4) is 11.5 Å². The molecule has 4 aromatic rings. The van der Waals surface area contributed by atoms with Crippen molar-refractivity contribution in [2.45, 2.75) is 26.5 Å². The Morgan fingerprint density at radius 3 is 2.49 bits per heavy atom. The summed E-state index contributed by atoms with van der Waals surface area (Å²) in [6.45, 7) is 3.95. The third kappa shape index (κ3) is 6.63. The van der Waals surface area contributed by atoms with Crippen LogP contribution in [0.2, 0.25) is 10.0 Å². The van der Waals surface area contributed by atoms with Gasteiger partial charge in [-0.25, -0.2) is 9.79 Å². The predicted octanol–water partition coefficient (Wildman–Crippen LogP) is 7.22. The van der Waals surface area contributed by atoms with Crippen LogP contribution in [0.3, 0.4) is 0 Å². The molecule has 5 rings (SSSR count). The maximum absolute atomic E-state index is 13.9. The summed E-state index contributed by atoms with van der Waals surface area (Å²) in [4.78, 5) is 32.2. The lowest BCUT2D eigenvalue weighted by Gasteiger charge is -2.25. The van der Waals surface area contributed by atoms with Crippen molar-refractivity contribution >= 4 is 78.4 Å². The van der Waals surface area contributed by atoms with Crippen LogP contribution in [0, 0.1) is 0 Å². The molecule has 0 bridgehead atoms. The van der Waals surface area contributed by atoms with E-state index < -0.39 is 12.0 Å². The van der Waals surface area contributed by atoms with E-state index in [4.69, 9.17) is 37.4 Å². The van der Waals surface area contributed by atoms with Gasteiger partial charge in [0.15, 0.2) is 4.80 Å². The molecular weight excluding hydrogens is 743 g/mol. The lowest BCUT2D eigenvalue weighted by molar-refractivity contribution is -0.139. The van der Waals surface area contributed by atoms with Crippen LogP contribution in [0.4, 0.5) is 0 Å². The number of aromatic nitrogens is 1. The molecule has 7 nitrogen and oxygen atoms in total. The fraction of sp³-hybridized carbons (Fsp3) is 0.194. The number of benzene rings is 3. The van der Waals surface area contributed by atoms with E-state index in [1.54, 1.807) is 49.8 Å². The fourth-order valence-corrected chi connectivity index (χ4v) is 7.21. The molecule has 2 heterocycles. The Kier molecular flexibility index (Phi) is 9.83. The number of methoxy groups -OCH3 is 1. The number of fused-ring (bicyclic) bond motifs is 1. The van der Waals surface area contributed by atoms with E-state index >= 15 is 0 Å². The van der Waals surface area contributed by atoms with Crippen LogP contribution in [0.1, 0.15) is 36.6 Å². The number of carbonyl (C=O) groups excluding carboxylic acids is 1. The molecule has 0 radical (unpaired) electrons. The molecule has 1 atom stereocenters. The molecule has 0 aliphatic carbocycles. The van der Waals surface area contributed by atoms with Gasteiger partial charge in [-0.3, -0.25) is 9.36 Å². The normalized spacial score (nSPS) is 14.8. The van der Waals surface area contributed by atoms with E-state index in [2.05, 4.69) is 36.9 Å². The first kappa shape index (κ1) is 31.5. The molecule has 0 saturated carbocycles. The number of thiazole rings is 1. The van der Waals surface area contributed by atoms with Crippen molar-refractivity contribution in [3.05, 3.63) is 121 Å². The average molecular weight is 767 g/mol. The molecule has 1 aliphatic rings. The quantitative estimate of drug-likeness (QED) is 0.177. The van der Waals surface area contributed by atoms with Crippen LogP contribution in [0.25, 0.3) is 6.08 Å². The standard InChI is InChI=1S/C31H24Br2Cl2N2O5S/c1-4-41-30(39)27-16(2)36-31-37(28(27)18-7-10-24(40-3)22(33)13-18)29(38)26(43-31)12-17-5-9-25(21(32)11-17)42-15-19-6-8-20(34)14-23(19)35/h5-14,28H,4,15H2,1-3H3/b26-12+/t28-/m1/s1. The molecule has 0 saturated heterocycles. The zero-order valence-corrected chi connectivity index (χ0v) is 28.6. The highest BCUT2D eigenvalue weighted by atomic mass is 79.9. The van der Waals surface area contributed by atoms with E-state index in [0.29, 0.717) is 56.7 Å². The highest BCUT2D eigenvalue weighted by Crippen LogP contribution is 2.35. The second-order valence-corrected chi connectivity index (χ2v) is 13.0. The molecule has 1 aromatic heterocycles. The van der Waals surface area contributed by atoms with Crippen LogP contribution >= 0.6 is 66.4 Å². The van der Waals surface area contributed by atoms with E-state index in [-0.39, 0.29) is 18.8 Å². The first-order valence-corrected chi connectivity index (χ1v) is 16.2. The van der Waals surface area contributed by atoms with Gasteiger partial charge in [-0.05, 0) is 99.3 Å². The summed E-state index contributed by atoms with van der Waals surface area (Å²) in [6, 6.07) is 15.5. The molecule has 0 amide bonds. The fourth-order valence-electron chi connectivity index (χ4n) is 4.63. The topological polar surface area (TPSA) is 79.1 Å². The van der Waals surface area contributed by atoms with Crippen molar-refractivity contribution < 1.29 is 19.0 Å². The SMILES string of the molecule is CCOC(=O)C1=C(C)N=c2s/c(=C/c3ccc(OCc4ccc(Cl)cc4Cl)c(Br)c3)c(=O)n2[C@@H]1c1ccc(OC)c(Br)c1. The van der Waals surface area contributed by atoms with Gasteiger partial charge in [-0.2, -0.15) is 0 Å². The minimum Gasteiger partial charge on any atom is -0.496 e. The summed E-state index contributed by atoms with van der Waals surface area (Å²) in [7, 11) is 1.57. The molecule has 3 aromatic carbocycles. The van der Waals surface area contributed by atoms with Gasteiger partial charge in [0.25, 0.3) is 5.56 Å². The molecule has 0 spiro atoms. The van der Waals surface area contributed by atoms with E-state index in [0.717, 1.165) is 11.1 Å². The number of hydrogen-bond donors (Lipinski definition) is 0. The minimum atomic E-state index is -0.734. The molecule has 0 unspecified atom stereocenters. The molecule has 12 heteroatoms. The Morgan fingerprint density at radius 2 is 1.81 bits per heavy atom. The van der Waals surface area contributed by atoms with Gasteiger partial charge in [-0.15, -0.1) is 0 Å². The predicted molar refractivity (Wildman–Crippen MR) is 176 cm³/mol. The second-order valence-electron chi connectivity index (χ2n) is 9.41. The number of ether oxygens (including phenoxy) is 3. The summed E-state index contributed by atoms with van der Waals surface area (Å²) >= 11 is 20.6. The van der Waals surface area contributed by atoms with Crippen LogP contribution in [0.5, 0.6) is 11.5 Å². The van der Waals surface area contributed by atoms with Gasteiger partial charge in [0.05, 0.1) is 44.5 Å². The number of hydrogen-bond acceptors (Lipinski definition) is 7. The monoisotopic (exact) mass is 764 g/mol. The van der Waals surface area contributed by atoms with Crippen LogP contribution in [0.15, 0.2) is 84.6 Å². The first-order chi connectivity index (χ1) is 20.6. The summed E-state index contributed by atoms with van der Waals surface area (Å²) in [5.41, 5.74) is 2.82. The van der Waals surface area contributed by atoms with Crippen molar-refractivity contribution in [3.63, 3.8) is 0 Å². The smallest absolute Gasteiger partial charge is 0.338 e. The Labute approximate surface area is 278 Å². The molecule has 1 aliphatic heterocycles. The van der Waals surface area contributed by atoms with Gasteiger partial charge in [0.2, 0.25) is 0 Å². The van der Waals surface area contributed by atoms with Gasteiger partial charge in [0, 0.05) is 15.6 Å². The van der Waals surface area contributed by atoms with Crippen LogP contribution in [-0.2, 0) is 16.1 Å². The summed E-state index contributed by atoms with van der Waals surface area (Å²) in [5.74, 6) is 0.725. The van der Waals surface area contributed by atoms with Crippen LogP contribution in [-0.4, -0.2) is 24.3 Å². The number of allylic oxidation sites excluding steroid dienone is 1. The van der Waals surface area contributed by atoms with Crippen molar-refractivity contribution in [2.75, 3.05) is 13.7 Å². The molecule has 0 fully saturated rings. The van der Waals surface area contributed by atoms with Crippen LogP contribution < -0.4 is 24.4 Å². The van der Waals surface area contributed by atoms with Gasteiger partial charge in [0.1, 0.15) is 18.1 Å². The van der Waals surface area contributed by atoms with Crippen molar-refractivity contribution in [1.29, 1.82) is 0 Å². The average Bonchev–Trinajstić information content (AvgIpc) is 3.26. The maximum atomic E-state index is 13.9. The first-order valence-electron chi connectivity index (χ1n) is 13.0. The van der Waals surface area contributed by atoms with Gasteiger partial charge >= 0.3 is 5.97 Å². The summed E-state index contributed by atoms with van der Waals surface area (Å²) in [6.07, 6.45) is 1.79. The van der Waals surface area contributed by atoms with Crippen molar-refractivity contribution in [2.24, 2.45) is 4.99 Å². The summed E-state index contributed by atoms with van der Waals surface area (Å²) in [5, 5.41) is 1.08. The van der Waals surface area contributed by atoms with E-state index in [9.17, 15) is 9.59 Å². The molecular formula is C31H24Br2Cl2N2O5S. The van der Waals surface area contributed by atoms with E-state index in [1.165, 1.54) is 11.3 Å². The highest BCUT2D eigenvalue weighted by molar-refractivity contribution is 9.10. The minimum absolute atomic E-state index is 0.195. The zero-order valence-electron chi connectivity index (χ0n) is 23.1. The largest absolute Gasteiger partial charge is 0.496 e. The number of halogens is 4. The van der Waals surface area contributed by atoms with E-state index in [1.807, 2.05) is 36.4 Å². The molecule has 43 heavy (non-hydrogen) atoms. The Bertz CT molecular complexity index is 1950. The maximum Gasteiger partial charge on any atom is 0.338 e. The Morgan fingerprint density at radius 1 is 1.07 bits per heavy atom. The Balaban J connectivity index is 1.53. The van der Waals surface area contributed by atoms with Gasteiger partial charge < -0.3 is 14.2 Å². The van der Waals surface area contributed by atoms with Gasteiger partial charge in [-0.1, -0.05) is 52.7 Å². The molecule has 222 valence electrons. The Hall–Kier alpha value is -2.89. The number of esters is 1. The number of carbonyl (C=O) groups is 1. The summed E-state index contributed by atoms with van der Waals surface area (Å²) < 4.78 is 20.1. The molecule has 0 N–H and O–H groups in total. The third-order valence-electron chi connectivity index (χ3n) is 6.66. The number of nitrogens with zero attached hydrogens (tertiary/aromatic N) is 2. The third-order valence-corrected chi connectivity index (χ3v) is 9.47. The lowest BCUT2D eigenvalue weighted by atomic mass is 9.96. The highest BCUT2D eigenvalue weighted by Gasteiger charge is 2.33.